The first-order chi connectivity index (χ1) is 10.6. The number of aliphatic hydroxyl groups is 1. The van der Waals surface area contributed by atoms with Crippen LogP contribution in [0.25, 0.3) is 0 Å². The number of anilines is 1. The Bertz CT molecular complexity index is 487. The van der Waals surface area contributed by atoms with E-state index in [1.165, 1.54) is 5.56 Å². The molecule has 0 saturated carbocycles. The maximum absolute atomic E-state index is 12.0. The minimum Gasteiger partial charge on any atom is -0.393 e. The van der Waals surface area contributed by atoms with Crippen LogP contribution in [0.2, 0.25) is 0 Å². The van der Waals surface area contributed by atoms with Gasteiger partial charge in [0, 0.05) is 37.0 Å². The molecular weight excluding hydrogens is 296 g/mol. The van der Waals surface area contributed by atoms with Gasteiger partial charge in [0.05, 0.1) is 6.10 Å². The van der Waals surface area contributed by atoms with Crippen LogP contribution >= 0.6 is 11.8 Å². The number of carbonyl (C=O) groups excluding carboxylic acids is 1. The van der Waals surface area contributed by atoms with Crippen molar-refractivity contribution >= 4 is 23.4 Å². The Morgan fingerprint density at radius 3 is 2.86 bits per heavy atom. The highest BCUT2D eigenvalue weighted by molar-refractivity contribution is 7.99. The Labute approximate surface area is 137 Å². The average molecular weight is 322 g/mol. The summed E-state index contributed by atoms with van der Waals surface area (Å²) in [5.74, 6) is 0.0695. The lowest BCUT2D eigenvalue weighted by Gasteiger charge is -2.29. The summed E-state index contributed by atoms with van der Waals surface area (Å²) in [5, 5.41) is 12.9. The van der Waals surface area contributed by atoms with Crippen LogP contribution in [0.1, 0.15) is 31.7 Å². The second kappa shape index (κ2) is 8.56. The Morgan fingerprint density at radius 2 is 2.18 bits per heavy atom. The van der Waals surface area contributed by atoms with Crippen LogP contribution in [0.3, 0.4) is 0 Å². The highest BCUT2D eigenvalue weighted by atomic mass is 32.2. The van der Waals surface area contributed by atoms with Gasteiger partial charge in [-0.2, -0.15) is 11.8 Å². The largest absolute Gasteiger partial charge is 0.393 e. The van der Waals surface area contributed by atoms with Crippen molar-refractivity contribution in [2.75, 3.05) is 24.7 Å². The van der Waals surface area contributed by atoms with E-state index in [0.717, 1.165) is 38.2 Å². The topological polar surface area (TPSA) is 52.6 Å². The van der Waals surface area contributed by atoms with E-state index in [1.54, 1.807) is 11.8 Å². The van der Waals surface area contributed by atoms with Crippen molar-refractivity contribution in [3.05, 3.63) is 29.8 Å². The van der Waals surface area contributed by atoms with E-state index in [4.69, 9.17) is 0 Å². The zero-order chi connectivity index (χ0) is 15.9. The lowest BCUT2D eigenvalue weighted by molar-refractivity contribution is -0.116. The molecule has 122 valence electrons. The molecule has 1 aromatic carbocycles. The molecule has 1 atom stereocenters. The van der Waals surface area contributed by atoms with Gasteiger partial charge in [0.15, 0.2) is 0 Å². The summed E-state index contributed by atoms with van der Waals surface area (Å²) in [7, 11) is 0. The molecule has 0 bridgehead atoms. The Balaban J connectivity index is 1.88. The van der Waals surface area contributed by atoms with Crippen molar-refractivity contribution < 1.29 is 9.90 Å². The highest BCUT2D eigenvalue weighted by Crippen LogP contribution is 2.17. The standard InChI is InChI=1S/C17H26N2O2S/c1-13(22-2)10-17(21)18-15-5-3-4-14(11-15)12-19-8-6-16(20)7-9-19/h3-5,11,13,16,20H,6-10,12H2,1-2H3,(H,18,21)/t13-/m0/s1. The number of likely N-dealkylation sites (tertiary alicyclic amines) is 1. The van der Waals surface area contributed by atoms with Crippen LogP contribution in [0.15, 0.2) is 24.3 Å². The Kier molecular flexibility index (Phi) is 6.73. The lowest BCUT2D eigenvalue weighted by atomic mass is 10.1. The Hall–Kier alpha value is -1.04. The average Bonchev–Trinajstić information content (AvgIpc) is 2.49. The van der Waals surface area contributed by atoms with E-state index >= 15 is 0 Å². The van der Waals surface area contributed by atoms with Gasteiger partial charge >= 0.3 is 0 Å². The van der Waals surface area contributed by atoms with Crippen molar-refractivity contribution in [3.63, 3.8) is 0 Å². The summed E-state index contributed by atoms with van der Waals surface area (Å²) in [6, 6.07) is 8.06. The van der Waals surface area contributed by atoms with Crippen LogP contribution in [0, 0.1) is 0 Å². The van der Waals surface area contributed by atoms with Gasteiger partial charge in [0.2, 0.25) is 5.91 Å². The molecule has 5 heteroatoms. The van der Waals surface area contributed by atoms with E-state index in [9.17, 15) is 9.90 Å². The van der Waals surface area contributed by atoms with Gasteiger partial charge in [-0.25, -0.2) is 0 Å². The molecule has 0 aliphatic carbocycles. The van der Waals surface area contributed by atoms with Gasteiger partial charge in [-0.05, 0) is 36.8 Å². The number of amides is 1. The molecule has 1 saturated heterocycles. The molecular formula is C17H26N2O2S. The third kappa shape index (κ3) is 5.63. The molecule has 1 aliphatic heterocycles. The van der Waals surface area contributed by atoms with Gasteiger partial charge in [-0.1, -0.05) is 19.1 Å². The fourth-order valence-electron chi connectivity index (χ4n) is 2.64. The normalized spacial score (nSPS) is 18.1. The number of piperidine rings is 1. The molecule has 4 nitrogen and oxygen atoms in total. The molecule has 0 radical (unpaired) electrons. The zero-order valence-electron chi connectivity index (χ0n) is 13.4. The maximum atomic E-state index is 12.0. The van der Waals surface area contributed by atoms with E-state index in [0.29, 0.717) is 11.7 Å². The van der Waals surface area contributed by atoms with E-state index < -0.39 is 0 Å². The zero-order valence-corrected chi connectivity index (χ0v) is 14.2. The smallest absolute Gasteiger partial charge is 0.225 e. The molecule has 1 fully saturated rings. The first-order valence-electron chi connectivity index (χ1n) is 7.89. The predicted molar refractivity (Wildman–Crippen MR) is 93.2 cm³/mol. The molecule has 22 heavy (non-hydrogen) atoms. The molecule has 0 unspecified atom stereocenters. The molecule has 2 N–H and O–H groups in total. The summed E-state index contributed by atoms with van der Waals surface area (Å²) in [4.78, 5) is 14.3. The van der Waals surface area contributed by atoms with Crippen molar-refractivity contribution in [2.45, 2.75) is 44.1 Å². The fourth-order valence-corrected chi connectivity index (χ4v) is 2.96. The Morgan fingerprint density at radius 1 is 1.45 bits per heavy atom. The maximum Gasteiger partial charge on any atom is 0.225 e. The van der Waals surface area contributed by atoms with E-state index in [1.807, 2.05) is 24.5 Å². The van der Waals surface area contributed by atoms with Gasteiger partial charge in [-0.15, -0.1) is 0 Å². The number of thioether (sulfide) groups is 1. The van der Waals surface area contributed by atoms with Crippen LogP contribution in [0.5, 0.6) is 0 Å². The molecule has 1 amide bonds. The molecule has 1 heterocycles. The molecule has 1 aromatic rings. The van der Waals surface area contributed by atoms with E-state index in [-0.39, 0.29) is 12.0 Å². The molecule has 0 spiro atoms. The van der Waals surface area contributed by atoms with Crippen molar-refractivity contribution in [1.29, 1.82) is 0 Å². The number of nitrogens with one attached hydrogen (secondary N) is 1. The first kappa shape index (κ1) is 17.3. The minimum atomic E-state index is -0.139. The van der Waals surface area contributed by atoms with Gasteiger partial charge in [0.25, 0.3) is 0 Å². The predicted octanol–water partition coefficient (Wildman–Crippen LogP) is 2.72. The number of rotatable bonds is 6. The number of hydrogen-bond acceptors (Lipinski definition) is 4. The summed E-state index contributed by atoms with van der Waals surface area (Å²) in [5.41, 5.74) is 2.07. The minimum absolute atomic E-state index is 0.0695. The fraction of sp³-hybridized carbons (Fsp3) is 0.588. The number of nitrogens with zero attached hydrogens (tertiary/aromatic N) is 1. The van der Waals surface area contributed by atoms with Crippen LogP contribution in [0.4, 0.5) is 5.69 Å². The third-order valence-corrected chi connectivity index (χ3v) is 5.02. The van der Waals surface area contributed by atoms with Crippen LogP contribution in [-0.2, 0) is 11.3 Å². The highest BCUT2D eigenvalue weighted by Gasteiger charge is 2.17. The SMILES string of the molecule is CS[C@@H](C)CC(=O)Nc1cccc(CN2CCC(O)CC2)c1. The number of hydrogen-bond donors (Lipinski definition) is 2. The summed E-state index contributed by atoms with van der Waals surface area (Å²) >= 11 is 1.70. The molecule has 1 aliphatic rings. The van der Waals surface area contributed by atoms with Gasteiger partial charge in [-0.3, -0.25) is 9.69 Å². The number of aliphatic hydroxyl groups excluding tert-OH is 1. The summed E-state index contributed by atoms with van der Waals surface area (Å²) in [6.45, 7) is 4.80. The van der Waals surface area contributed by atoms with Crippen LogP contribution in [-0.4, -0.2) is 46.6 Å². The quantitative estimate of drug-likeness (QED) is 0.845. The van der Waals surface area contributed by atoms with Crippen molar-refractivity contribution in [2.24, 2.45) is 0 Å². The summed E-state index contributed by atoms with van der Waals surface area (Å²) in [6.07, 6.45) is 4.12. The lowest BCUT2D eigenvalue weighted by Crippen LogP contribution is -2.35. The van der Waals surface area contributed by atoms with E-state index in [2.05, 4.69) is 23.2 Å². The van der Waals surface area contributed by atoms with Gasteiger partial charge in [0.1, 0.15) is 0 Å². The second-order valence-electron chi connectivity index (χ2n) is 6.01. The van der Waals surface area contributed by atoms with Crippen LogP contribution < -0.4 is 5.32 Å². The van der Waals surface area contributed by atoms with Gasteiger partial charge < -0.3 is 10.4 Å². The molecule has 0 aromatic heterocycles. The third-order valence-electron chi connectivity index (χ3n) is 4.05. The first-order valence-corrected chi connectivity index (χ1v) is 9.17. The number of benzene rings is 1. The second-order valence-corrected chi connectivity index (χ2v) is 7.28. The molecule has 2 rings (SSSR count). The monoisotopic (exact) mass is 322 g/mol. The van der Waals surface area contributed by atoms with Crippen molar-refractivity contribution in [1.82, 2.24) is 4.90 Å². The number of carbonyl (C=O) groups is 1. The van der Waals surface area contributed by atoms with Crippen molar-refractivity contribution in [3.8, 4) is 0 Å². The summed E-state index contributed by atoms with van der Waals surface area (Å²) < 4.78 is 0.